The molecule has 1 aliphatic heterocycles. The summed E-state index contributed by atoms with van der Waals surface area (Å²) in [5.41, 5.74) is 0. The van der Waals surface area contributed by atoms with Crippen molar-refractivity contribution >= 4 is 10.1 Å². The first-order chi connectivity index (χ1) is 6.08. The molecule has 0 spiro atoms. The number of hydrogen-bond donors (Lipinski definition) is 1. The van der Waals surface area contributed by atoms with Gasteiger partial charge in [-0.15, -0.1) is 0 Å². The molecule has 0 aromatic rings. The zero-order chi connectivity index (χ0) is 9.73. The molecule has 1 heterocycles. The monoisotopic (exact) mass is 232 g/mol. The van der Waals surface area contributed by atoms with Crippen LogP contribution in [0, 0.1) is 0 Å². The summed E-state index contributed by atoms with van der Waals surface area (Å²) in [4.78, 5) is 2.13. The molecule has 1 saturated heterocycles. The largest absolute Gasteiger partial charge is 1.00 e. The summed E-state index contributed by atoms with van der Waals surface area (Å²) < 4.78 is 34.4. The zero-order valence-corrected chi connectivity index (χ0v) is 11.3. The van der Waals surface area contributed by atoms with Crippen LogP contribution in [0.2, 0.25) is 0 Å². The number of nitrogens with zero attached hydrogens (tertiary/aromatic N) is 1. The zero-order valence-electron chi connectivity index (χ0n) is 8.48. The number of morpholine rings is 1. The van der Waals surface area contributed by atoms with Crippen LogP contribution >= 0.6 is 0 Å². The van der Waals surface area contributed by atoms with E-state index in [4.69, 9.17) is 9.29 Å². The van der Waals surface area contributed by atoms with Gasteiger partial charge in [-0.3, -0.25) is 9.45 Å². The first-order valence-electron chi connectivity index (χ1n) is 4.33. The van der Waals surface area contributed by atoms with Gasteiger partial charge < -0.3 is 4.74 Å². The van der Waals surface area contributed by atoms with E-state index in [9.17, 15) is 8.42 Å². The van der Waals surface area contributed by atoms with E-state index < -0.39 is 10.1 Å². The minimum absolute atomic E-state index is 0. The molecule has 0 saturated carbocycles. The van der Waals surface area contributed by atoms with Crippen molar-refractivity contribution < 1.29 is 47.3 Å². The third kappa shape index (κ3) is 7.17. The Morgan fingerprint density at radius 3 is 2.36 bits per heavy atom. The molecule has 0 aromatic heterocycles. The fourth-order valence-electron chi connectivity index (χ4n) is 1.30. The summed E-state index contributed by atoms with van der Waals surface area (Å²) in [6.45, 7) is 3.85. The predicted molar refractivity (Wildman–Crippen MR) is 48.3 cm³/mol. The predicted octanol–water partition coefficient (Wildman–Crippen LogP) is -3.40. The van der Waals surface area contributed by atoms with E-state index in [1.165, 1.54) is 0 Å². The molecule has 5 nitrogen and oxygen atoms in total. The molecule has 0 radical (unpaired) electrons. The van der Waals surface area contributed by atoms with Gasteiger partial charge in [0.1, 0.15) is 0 Å². The number of rotatable bonds is 4. The molecule has 78 valence electrons. The van der Waals surface area contributed by atoms with Gasteiger partial charge in [0.05, 0.1) is 19.0 Å². The second-order valence-corrected chi connectivity index (χ2v) is 4.67. The molecular weight excluding hydrogens is 217 g/mol. The average molecular weight is 232 g/mol. The molecule has 1 aliphatic rings. The summed E-state index contributed by atoms with van der Waals surface area (Å²) in [6, 6.07) is 0. The Kier molecular flexibility index (Phi) is 7.59. The van der Waals surface area contributed by atoms with Crippen LogP contribution in [0.4, 0.5) is 0 Å². The Bertz CT molecular complexity index is 238. The van der Waals surface area contributed by atoms with Crippen molar-refractivity contribution in [1.29, 1.82) is 0 Å². The molecule has 7 heteroatoms. The van der Waals surface area contributed by atoms with Crippen molar-refractivity contribution in [1.82, 2.24) is 4.90 Å². The van der Waals surface area contributed by atoms with Crippen molar-refractivity contribution in [3.05, 3.63) is 0 Å². The molecule has 1 fully saturated rings. The van der Waals surface area contributed by atoms with Crippen molar-refractivity contribution in [3.8, 4) is 0 Å². The van der Waals surface area contributed by atoms with E-state index in [0.29, 0.717) is 26.2 Å². The van der Waals surface area contributed by atoms with Gasteiger partial charge in [-0.25, -0.2) is 0 Å². The summed E-state index contributed by atoms with van der Waals surface area (Å²) in [7, 11) is -3.78. The van der Waals surface area contributed by atoms with E-state index in [2.05, 4.69) is 4.90 Å². The molecular formula is C7H15NNaO4S+. The third-order valence-electron chi connectivity index (χ3n) is 1.98. The normalized spacial score (nSPS) is 18.9. The standard InChI is InChI=1S/C7H15NO4S.Na/c9-13(10,11)7-1-2-8-3-5-12-6-4-8;/h1-7H2,(H,9,10,11);/q;+1. The van der Waals surface area contributed by atoms with Crippen molar-refractivity contribution in [2.45, 2.75) is 6.42 Å². The number of hydrogen-bond acceptors (Lipinski definition) is 4. The molecule has 0 aromatic carbocycles. The first kappa shape index (κ1) is 14.8. The second kappa shape index (κ2) is 7.16. The fraction of sp³-hybridized carbons (Fsp3) is 1.00. The quantitative estimate of drug-likeness (QED) is 0.404. The smallest absolute Gasteiger partial charge is 0.379 e. The Hall–Kier alpha value is 0.830. The van der Waals surface area contributed by atoms with Gasteiger partial charge in [-0.05, 0) is 13.0 Å². The molecule has 0 unspecified atom stereocenters. The van der Waals surface area contributed by atoms with Gasteiger partial charge in [-0.1, -0.05) is 0 Å². The van der Waals surface area contributed by atoms with E-state index in [1.54, 1.807) is 0 Å². The van der Waals surface area contributed by atoms with Gasteiger partial charge in [0, 0.05) is 13.1 Å². The van der Waals surface area contributed by atoms with E-state index >= 15 is 0 Å². The average Bonchev–Trinajstić information content (AvgIpc) is 2.04. The minimum atomic E-state index is -3.78. The van der Waals surface area contributed by atoms with Crippen LogP contribution in [-0.4, -0.2) is 56.5 Å². The summed E-state index contributed by atoms with van der Waals surface area (Å²) >= 11 is 0. The molecule has 14 heavy (non-hydrogen) atoms. The topological polar surface area (TPSA) is 66.8 Å². The van der Waals surface area contributed by atoms with Crippen molar-refractivity contribution in [3.63, 3.8) is 0 Å². The maximum absolute atomic E-state index is 10.4. The van der Waals surface area contributed by atoms with E-state index in [-0.39, 0.29) is 35.3 Å². The third-order valence-corrected chi connectivity index (χ3v) is 2.78. The van der Waals surface area contributed by atoms with Crippen LogP contribution in [0.25, 0.3) is 0 Å². The molecule has 0 atom stereocenters. The Morgan fingerprint density at radius 2 is 1.86 bits per heavy atom. The molecule has 1 rings (SSSR count). The summed E-state index contributed by atoms with van der Waals surface area (Å²) in [5, 5.41) is 0. The molecule has 0 bridgehead atoms. The Labute approximate surface area is 107 Å². The van der Waals surface area contributed by atoms with Crippen molar-refractivity contribution in [2.24, 2.45) is 0 Å². The van der Waals surface area contributed by atoms with Crippen LogP contribution in [0.1, 0.15) is 6.42 Å². The number of ether oxygens (including phenoxy) is 1. The summed E-state index contributed by atoms with van der Waals surface area (Å²) in [6.07, 6.45) is 0.485. The molecule has 0 aliphatic carbocycles. The Balaban J connectivity index is 0.00000169. The van der Waals surface area contributed by atoms with Crippen LogP contribution in [0.3, 0.4) is 0 Å². The van der Waals surface area contributed by atoms with E-state index in [1.807, 2.05) is 0 Å². The van der Waals surface area contributed by atoms with Gasteiger partial charge >= 0.3 is 29.6 Å². The second-order valence-electron chi connectivity index (χ2n) is 3.09. The van der Waals surface area contributed by atoms with Gasteiger partial charge in [0.15, 0.2) is 0 Å². The van der Waals surface area contributed by atoms with Crippen LogP contribution in [0.5, 0.6) is 0 Å². The van der Waals surface area contributed by atoms with Gasteiger partial charge in [0.25, 0.3) is 10.1 Å². The fourth-order valence-corrected chi connectivity index (χ4v) is 1.79. The maximum atomic E-state index is 10.4. The molecule has 1 N–H and O–H groups in total. The van der Waals surface area contributed by atoms with Gasteiger partial charge in [0.2, 0.25) is 0 Å². The Morgan fingerprint density at radius 1 is 1.29 bits per heavy atom. The van der Waals surface area contributed by atoms with E-state index in [0.717, 1.165) is 13.1 Å². The minimum Gasteiger partial charge on any atom is -0.379 e. The van der Waals surface area contributed by atoms with Crippen molar-refractivity contribution in [2.75, 3.05) is 38.6 Å². The first-order valence-corrected chi connectivity index (χ1v) is 5.94. The SMILES string of the molecule is O=S(=O)(O)CCCN1CCOCC1.[Na+]. The van der Waals surface area contributed by atoms with Gasteiger partial charge in [-0.2, -0.15) is 8.42 Å². The summed E-state index contributed by atoms with van der Waals surface area (Å²) in [5.74, 6) is -0.148. The maximum Gasteiger partial charge on any atom is 1.00 e. The van der Waals surface area contributed by atoms with Crippen LogP contribution < -0.4 is 29.6 Å². The van der Waals surface area contributed by atoms with Crippen LogP contribution in [-0.2, 0) is 14.9 Å². The van der Waals surface area contributed by atoms with Crippen LogP contribution in [0.15, 0.2) is 0 Å². The molecule has 0 amide bonds.